The Labute approximate surface area is 92.5 Å². The van der Waals surface area contributed by atoms with E-state index in [1.165, 1.54) is 37.0 Å². The van der Waals surface area contributed by atoms with E-state index in [-0.39, 0.29) is 0 Å². The van der Waals surface area contributed by atoms with E-state index in [4.69, 9.17) is 0 Å². The van der Waals surface area contributed by atoms with E-state index in [1.807, 2.05) is 0 Å². The highest BCUT2D eigenvalue weighted by atomic mass is 15.1. The average molecular weight is 201 g/mol. The van der Waals surface area contributed by atoms with E-state index >= 15 is 0 Å². The Kier molecular flexibility index (Phi) is 3.44. The lowest BCUT2D eigenvalue weighted by atomic mass is 9.99. The van der Waals surface area contributed by atoms with Crippen LogP contribution in [0, 0.1) is 0 Å². The van der Waals surface area contributed by atoms with Crippen LogP contribution in [-0.4, -0.2) is 11.4 Å². The summed E-state index contributed by atoms with van der Waals surface area (Å²) in [6.07, 6.45) is 18.3. The van der Waals surface area contributed by atoms with Crippen molar-refractivity contribution in [2.24, 2.45) is 0 Å². The van der Waals surface area contributed by atoms with Crippen molar-refractivity contribution in [2.75, 3.05) is 6.54 Å². The summed E-state index contributed by atoms with van der Waals surface area (Å²) in [7, 11) is 0. The summed E-state index contributed by atoms with van der Waals surface area (Å²) in [4.78, 5) is 2.32. The molecule has 15 heavy (non-hydrogen) atoms. The van der Waals surface area contributed by atoms with Crippen LogP contribution < -0.4 is 0 Å². The summed E-state index contributed by atoms with van der Waals surface area (Å²) in [5.74, 6) is 0. The quantitative estimate of drug-likeness (QED) is 0.626. The Morgan fingerprint density at radius 2 is 2.13 bits per heavy atom. The van der Waals surface area contributed by atoms with Crippen LogP contribution in [0.25, 0.3) is 0 Å². The van der Waals surface area contributed by atoms with Gasteiger partial charge in [-0.2, -0.15) is 0 Å². The van der Waals surface area contributed by atoms with Crippen molar-refractivity contribution < 1.29 is 0 Å². The number of hydrogen-bond acceptors (Lipinski definition) is 1. The fraction of sp³-hybridized carbons (Fsp3) is 0.429. The van der Waals surface area contributed by atoms with Crippen LogP contribution in [0.3, 0.4) is 0 Å². The molecule has 0 bridgehead atoms. The van der Waals surface area contributed by atoms with Crippen LogP contribution in [0.5, 0.6) is 0 Å². The van der Waals surface area contributed by atoms with Crippen LogP contribution >= 0.6 is 0 Å². The first-order valence-electron chi connectivity index (χ1n) is 5.93. The molecule has 0 radical (unpaired) electrons. The van der Waals surface area contributed by atoms with Gasteiger partial charge in [0, 0.05) is 18.4 Å². The highest BCUT2D eigenvalue weighted by Gasteiger charge is 2.14. The van der Waals surface area contributed by atoms with Gasteiger partial charge < -0.3 is 4.90 Å². The van der Waals surface area contributed by atoms with E-state index < -0.39 is 0 Å². The van der Waals surface area contributed by atoms with Crippen molar-refractivity contribution in [1.29, 1.82) is 0 Å². The molecule has 1 nitrogen and oxygen atoms in total. The molecule has 0 aromatic heterocycles. The third-order valence-electron chi connectivity index (χ3n) is 2.94. The largest absolute Gasteiger partial charge is 0.344 e. The van der Waals surface area contributed by atoms with Crippen molar-refractivity contribution in [3.63, 3.8) is 0 Å². The van der Waals surface area contributed by atoms with Gasteiger partial charge in [0.2, 0.25) is 0 Å². The summed E-state index contributed by atoms with van der Waals surface area (Å²) in [5.41, 5.74) is 2.89. The topological polar surface area (TPSA) is 3.24 Å². The minimum Gasteiger partial charge on any atom is -0.344 e. The number of allylic oxidation sites excluding steroid dienone is 5. The predicted octanol–water partition coefficient (Wildman–Crippen LogP) is 3.78. The van der Waals surface area contributed by atoms with Gasteiger partial charge in [-0.1, -0.05) is 38.0 Å². The standard InChI is InChI=1S/C14H19N/c1-2-3-4-8-13-9-7-12-15-11-6-5-10-14(13)15/h5-7,9-10,12H,2-4,8,11H2,1H3. The molecule has 0 unspecified atom stereocenters. The van der Waals surface area contributed by atoms with Gasteiger partial charge in [-0.15, -0.1) is 0 Å². The molecule has 0 atom stereocenters. The summed E-state index contributed by atoms with van der Waals surface area (Å²) in [6, 6.07) is 0. The first-order chi connectivity index (χ1) is 7.42. The molecule has 0 spiro atoms. The molecule has 2 aliphatic heterocycles. The lowest BCUT2D eigenvalue weighted by molar-refractivity contribution is 0.506. The third-order valence-corrected chi connectivity index (χ3v) is 2.94. The summed E-state index contributed by atoms with van der Waals surface area (Å²) in [5, 5.41) is 0. The molecule has 2 rings (SSSR count). The second-order valence-electron chi connectivity index (χ2n) is 4.12. The summed E-state index contributed by atoms with van der Waals surface area (Å²) < 4.78 is 0. The van der Waals surface area contributed by atoms with Crippen molar-refractivity contribution >= 4 is 0 Å². The number of unbranched alkanes of at least 4 members (excludes halogenated alkanes) is 2. The van der Waals surface area contributed by atoms with Gasteiger partial charge in [-0.3, -0.25) is 0 Å². The summed E-state index contributed by atoms with van der Waals surface area (Å²) in [6.45, 7) is 3.28. The SMILES string of the molecule is CCCCCC1=CC=CN2CC=CC=C12. The normalized spacial score (nSPS) is 18.6. The molecule has 1 heteroatoms. The third kappa shape index (κ3) is 2.41. The lowest BCUT2D eigenvalue weighted by Crippen LogP contribution is -2.22. The van der Waals surface area contributed by atoms with Gasteiger partial charge in [0.15, 0.2) is 0 Å². The fourth-order valence-electron chi connectivity index (χ4n) is 2.09. The zero-order valence-corrected chi connectivity index (χ0v) is 9.45. The minimum atomic E-state index is 1.02. The van der Waals surface area contributed by atoms with Crippen LogP contribution in [-0.2, 0) is 0 Å². The van der Waals surface area contributed by atoms with Crippen LogP contribution in [0.1, 0.15) is 32.6 Å². The van der Waals surface area contributed by atoms with Gasteiger partial charge in [-0.25, -0.2) is 0 Å². The van der Waals surface area contributed by atoms with Crippen molar-refractivity contribution in [1.82, 2.24) is 4.90 Å². The minimum absolute atomic E-state index is 1.02. The van der Waals surface area contributed by atoms with Gasteiger partial charge in [0.25, 0.3) is 0 Å². The zero-order chi connectivity index (χ0) is 10.5. The van der Waals surface area contributed by atoms with Crippen molar-refractivity contribution in [3.8, 4) is 0 Å². The Bertz CT molecular complexity index is 331. The Morgan fingerprint density at radius 1 is 1.20 bits per heavy atom. The van der Waals surface area contributed by atoms with Crippen LogP contribution in [0.2, 0.25) is 0 Å². The molecule has 0 fully saturated rings. The zero-order valence-electron chi connectivity index (χ0n) is 9.45. The molecule has 0 saturated carbocycles. The maximum absolute atomic E-state index is 2.32. The molecule has 0 saturated heterocycles. The van der Waals surface area contributed by atoms with Crippen molar-refractivity contribution in [3.05, 3.63) is 47.9 Å². The van der Waals surface area contributed by atoms with Gasteiger partial charge in [0.1, 0.15) is 0 Å². The van der Waals surface area contributed by atoms with Gasteiger partial charge in [-0.05, 0) is 30.6 Å². The lowest BCUT2D eigenvalue weighted by Gasteiger charge is -2.29. The molecule has 80 valence electrons. The maximum Gasteiger partial charge on any atom is 0.0441 e. The van der Waals surface area contributed by atoms with Gasteiger partial charge in [0.05, 0.1) is 0 Å². The monoisotopic (exact) mass is 201 g/mol. The maximum atomic E-state index is 2.32. The Hall–Kier alpha value is -1.24. The van der Waals surface area contributed by atoms with E-state index in [9.17, 15) is 0 Å². The first kappa shape index (κ1) is 10.3. The number of rotatable bonds is 4. The molecule has 0 aliphatic carbocycles. The molecule has 0 aromatic rings. The smallest absolute Gasteiger partial charge is 0.0441 e. The Morgan fingerprint density at radius 3 is 3.00 bits per heavy atom. The second-order valence-corrected chi connectivity index (χ2v) is 4.12. The van der Waals surface area contributed by atoms with E-state index in [0.717, 1.165) is 6.54 Å². The second kappa shape index (κ2) is 5.01. The molecule has 0 N–H and O–H groups in total. The molecule has 0 amide bonds. The van der Waals surface area contributed by atoms with E-state index in [2.05, 4.69) is 48.4 Å². The summed E-state index contributed by atoms with van der Waals surface area (Å²) >= 11 is 0. The number of fused-ring (bicyclic) bond motifs is 1. The fourth-order valence-corrected chi connectivity index (χ4v) is 2.09. The van der Waals surface area contributed by atoms with Crippen molar-refractivity contribution in [2.45, 2.75) is 32.6 Å². The Balaban J connectivity index is 2.03. The number of hydrogen-bond donors (Lipinski definition) is 0. The molecule has 2 aliphatic rings. The molecular weight excluding hydrogens is 182 g/mol. The molecule has 0 aromatic carbocycles. The van der Waals surface area contributed by atoms with Crippen LogP contribution in [0.4, 0.5) is 0 Å². The predicted molar refractivity (Wildman–Crippen MR) is 65.3 cm³/mol. The van der Waals surface area contributed by atoms with E-state index in [0.29, 0.717) is 0 Å². The molecular formula is C14H19N. The average Bonchev–Trinajstić information content (AvgIpc) is 2.30. The highest BCUT2D eigenvalue weighted by molar-refractivity contribution is 5.41. The van der Waals surface area contributed by atoms with E-state index in [1.54, 1.807) is 0 Å². The first-order valence-corrected chi connectivity index (χ1v) is 5.93. The van der Waals surface area contributed by atoms with Crippen LogP contribution in [0.15, 0.2) is 47.9 Å². The number of nitrogens with zero attached hydrogens (tertiary/aromatic N) is 1. The molecule has 2 heterocycles. The highest BCUT2D eigenvalue weighted by Crippen LogP contribution is 2.26. The van der Waals surface area contributed by atoms with Gasteiger partial charge >= 0.3 is 0 Å².